The molecule has 0 unspecified atom stereocenters. The molecule has 1 amide bonds. The van der Waals surface area contributed by atoms with Crippen molar-refractivity contribution in [2.75, 3.05) is 19.5 Å². The Bertz CT molecular complexity index is 890. The number of benzene rings is 2. The minimum atomic E-state index is -0.620. The largest absolute Gasteiger partial charge is 0.510 e. The van der Waals surface area contributed by atoms with Gasteiger partial charge in [-0.2, -0.15) is 0 Å². The Morgan fingerprint density at radius 2 is 1.85 bits per heavy atom. The first-order chi connectivity index (χ1) is 13.0. The van der Waals surface area contributed by atoms with E-state index in [9.17, 15) is 14.8 Å². The van der Waals surface area contributed by atoms with Gasteiger partial charge in [-0.15, -0.1) is 10.2 Å². The molecule has 2 rings (SSSR count). The summed E-state index contributed by atoms with van der Waals surface area (Å²) >= 11 is 0. The number of allylic oxidation sites excluding steroid dienone is 1. The average molecular weight is 371 g/mol. The van der Waals surface area contributed by atoms with Gasteiger partial charge in [0.25, 0.3) is 10.8 Å². The predicted molar refractivity (Wildman–Crippen MR) is 98.2 cm³/mol. The highest BCUT2D eigenvalue weighted by Crippen LogP contribution is 2.32. The van der Waals surface area contributed by atoms with Crippen molar-refractivity contribution in [3.05, 3.63) is 64.9 Å². The van der Waals surface area contributed by atoms with Crippen molar-refractivity contribution in [3.8, 4) is 5.75 Å². The molecule has 0 saturated heterocycles. The van der Waals surface area contributed by atoms with Gasteiger partial charge >= 0.3 is 5.69 Å². The van der Waals surface area contributed by atoms with Crippen LogP contribution in [0.4, 0.5) is 17.1 Å². The number of hydrogen-bond acceptors (Lipinski definition) is 7. The van der Waals surface area contributed by atoms with E-state index in [0.29, 0.717) is 10.6 Å². The fourth-order valence-electron chi connectivity index (χ4n) is 2.07. The number of ether oxygens (including phenoxy) is 1. The molecule has 0 spiro atoms. The molecule has 140 valence electrons. The number of aliphatic hydroxyl groups is 1. The number of carbonyl (C=O) groups is 1. The Balaban J connectivity index is 2.26. The van der Waals surface area contributed by atoms with Crippen LogP contribution in [0.3, 0.4) is 0 Å². The van der Waals surface area contributed by atoms with Crippen LogP contribution in [0.5, 0.6) is 5.75 Å². The van der Waals surface area contributed by atoms with Crippen molar-refractivity contribution in [2.45, 2.75) is 6.92 Å². The zero-order valence-electron chi connectivity index (χ0n) is 15.0. The standard InChI is InChI=1S/C18H18N4O5/c1-12(23)17(18(24)19-13-7-5-4-6-8-13)21-20-15-10-9-14(22(25)27-3)11-16(15)26-2/h4-11H,1-3H3,(H-,19,20,23,24,25)/p+1. The molecule has 0 aliphatic heterocycles. The Kier molecular flexibility index (Phi) is 6.59. The second-order valence-corrected chi connectivity index (χ2v) is 5.25. The molecule has 0 aliphatic carbocycles. The van der Waals surface area contributed by atoms with Crippen molar-refractivity contribution in [1.82, 2.24) is 0 Å². The first-order valence-electron chi connectivity index (χ1n) is 7.83. The lowest BCUT2D eigenvalue weighted by molar-refractivity contribution is -0.736. The fraction of sp³-hybridized carbons (Fsp3) is 0.167. The maximum Gasteiger partial charge on any atom is 0.320 e. The third kappa shape index (κ3) is 5.11. The van der Waals surface area contributed by atoms with Crippen LogP contribution in [0.15, 0.2) is 70.2 Å². The van der Waals surface area contributed by atoms with E-state index in [1.807, 2.05) is 6.07 Å². The lowest BCUT2D eigenvalue weighted by atomic mass is 10.2. The Morgan fingerprint density at radius 3 is 2.44 bits per heavy atom. The molecular formula is C18H19N4O5+. The molecule has 0 bridgehead atoms. The smallest absolute Gasteiger partial charge is 0.320 e. The van der Waals surface area contributed by atoms with E-state index in [-0.39, 0.29) is 28.6 Å². The third-order valence-electron chi connectivity index (χ3n) is 3.39. The number of para-hydroxylation sites is 1. The molecular weight excluding hydrogens is 352 g/mol. The summed E-state index contributed by atoms with van der Waals surface area (Å²) in [6, 6.07) is 13.1. The second-order valence-electron chi connectivity index (χ2n) is 5.25. The van der Waals surface area contributed by atoms with E-state index in [1.165, 1.54) is 39.3 Å². The molecule has 0 saturated carbocycles. The van der Waals surface area contributed by atoms with Gasteiger partial charge in [0.1, 0.15) is 11.4 Å². The summed E-state index contributed by atoms with van der Waals surface area (Å²) in [6.45, 7) is 1.33. The molecule has 2 N–H and O–H groups in total. The minimum Gasteiger partial charge on any atom is -0.510 e. The second kappa shape index (κ2) is 9.09. The monoisotopic (exact) mass is 371 g/mol. The normalized spacial score (nSPS) is 11.7. The lowest BCUT2D eigenvalue weighted by Gasteiger charge is -2.06. The topological polar surface area (TPSA) is 113 Å². The minimum absolute atomic E-state index is 0.198. The van der Waals surface area contributed by atoms with Gasteiger partial charge < -0.3 is 15.2 Å². The molecule has 9 heteroatoms. The van der Waals surface area contributed by atoms with Crippen molar-refractivity contribution in [1.29, 1.82) is 0 Å². The van der Waals surface area contributed by atoms with Crippen molar-refractivity contribution >= 4 is 23.0 Å². The number of azo groups is 1. The van der Waals surface area contributed by atoms with E-state index >= 15 is 0 Å². The van der Waals surface area contributed by atoms with E-state index < -0.39 is 5.91 Å². The highest BCUT2D eigenvalue weighted by Gasteiger charge is 2.18. The first-order valence-corrected chi connectivity index (χ1v) is 7.83. The molecule has 2 aromatic rings. The van der Waals surface area contributed by atoms with Gasteiger partial charge in [-0.25, -0.2) is 4.84 Å². The Morgan fingerprint density at radius 1 is 1.15 bits per heavy atom. The highest BCUT2D eigenvalue weighted by molar-refractivity contribution is 6.03. The summed E-state index contributed by atoms with van der Waals surface area (Å²) in [7, 11) is 2.63. The molecule has 0 aliphatic rings. The molecule has 27 heavy (non-hydrogen) atoms. The quantitative estimate of drug-likeness (QED) is 0.328. The summed E-state index contributed by atoms with van der Waals surface area (Å²) in [5.74, 6) is -0.675. The van der Waals surface area contributed by atoms with Crippen LogP contribution in [-0.4, -0.2) is 30.2 Å². The maximum absolute atomic E-state index is 12.3. The first kappa shape index (κ1) is 19.6. The number of amides is 1. The summed E-state index contributed by atoms with van der Waals surface area (Å²) in [5, 5.41) is 20.2. The molecule has 0 atom stereocenters. The van der Waals surface area contributed by atoms with Gasteiger partial charge in [0.2, 0.25) is 0 Å². The van der Waals surface area contributed by atoms with Crippen molar-refractivity contribution in [2.24, 2.45) is 10.2 Å². The van der Waals surface area contributed by atoms with Gasteiger partial charge in [-0.05, 0) is 25.1 Å². The van der Waals surface area contributed by atoms with Crippen molar-refractivity contribution < 1.29 is 24.4 Å². The van der Waals surface area contributed by atoms with Gasteiger partial charge in [-0.1, -0.05) is 18.2 Å². The van der Waals surface area contributed by atoms with E-state index in [2.05, 4.69) is 20.4 Å². The molecule has 9 nitrogen and oxygen atoms in total. The van der Waals surface area contributed by atoms with Gasteiger partial charge in [0, 0.05) is 11.8 Å². The number of hydrogen-bond donors (Lipinski definition) is 2. The molecule has 2 aromatic carbocycles. The predicted octanol–water partition coefficient (Wildman–Crippen LogP) is 4.18. The molecule has 0 radical (unpaired) electrons. The third-order valence-corrected chi connectivity index (χ3v) is 3.39. The molecule has 0 fully saturated rings. The Hall–Kier alpha value is -3.75. The number of aliphatic hydroxyl groups excluding tert-OH is 1. The van der Waals surface area contributed by atoms with Gasteiger partial charge in [0.15, 0.2) is 18.6 Å². The fourth-order valence-corrected chi connectivity index (χ4v) is 2.07. The number of carbonyl (C=O) groups excluding carboxylic acids is 1. The van der Waals surface area contributed by atoms with Crippen LogP contribution >= 0.6 is 0 Å². The van der Waals surface area contributed by atoms with Crippen LogP contribution in [0.25, 0.3) is 0 Å². The number of anilines is 1. The van der Waals surface area contributed by atoms with Gasteiger partial charge in [0.05, 0.1) is 18.1 Å². The number of nitrogens with zero attached hydrogens (tertiary/aromatic N) is 3. The molecule has 0 heterocycles. The van der Waals surface area contributed by atoms with Crippen molar-refractivity contribution in [3.63, 3.8) is 0 Å². The van der Waals surface area contributed by atoms with Crippen LogP contribution in [-0.2, 0) is 9.63 Å². The lowest BCUT2D eigenvalue weighted by Crippen LogP contribution is -2.14. The van der Waals surface area contributed by atoms with E-state index in [1.54, 1.807) is 24.3 Å². The Labute approximate surface area is 155 Å². The number of nitrogens with one attached hydrogen (secondary N) is 1. The zero-order valence-corrected chi connectivity index (χ0v) is 15.0. The average Bonchev–Trinajstić information content (AvgIpc) is 2.68. The summed E-state index contributed by atoms with van der Waals surface area (Å²) in [6.07, 6.45) is 0. The van der Waals surface area contributed by atoms with Crippen LogP contribution in [0.2, 0.25) is 0 Å². The number of rotatable bonds is 7. The maximum atomic E-state index is 12.3. The SMILES string of the molecule is COc1cc([N+](=O)OC)ccc1/N=N/C(C(=O)Nc1ccccc1)=C(/C)O. The van der Waals surface area contributed by atoms with Crippen LogP contribution in [0.1, 0.15) is 6.92 Å². The van der Waals surface area contributed by atoms with Crippen LogP contribution < -0.4 is 10.1 Å². The van der Waals surface area contributed by atoms with Crippen LogP contribution in [0, 0.1) is 4.91 Å². The zero-order chi connectivity index (χ0) is 19.8. The summed E-state index contributed by atoms with van der Waals surface area (Å²) in [5.41, 5.74) is 0.752. The highest BCUT2D eigenvalue weighted by atomic mass is 16.8. The van der Waals surface area contributed by atoms with Gasteiger partial charge in [-0.3, -0.25) is 4.79 Å². The summed E-state index contributed by atoms with van der Waals surface area (Å²) < 4.78 is 5.18. The number of methoxy groups -OCH3 is 1. The summed E-state index contributed by atoms with van der Waals surface area (Å²) in [4.78, 5) is 28.7. The van der Waals surface area contributed by atoms with E-state index in [4.69, 9.17) is 4.74 Å². The molecule has 0 aromatic heterocycles. The van der Waals surface area contributed by atoms with E-state index in [0.717, 1.165) is 0 Å².